The molecule has 2 fully saturated rings. The molecule has 5 heteroatoms. The summed E-state index contributed by atoms with van der Waals surface area (Å²) in [5.74, 6) is 1.41. The minimum Gasteiger partial charge on any atom is -0.357 e. The average molecular weight is 288 g/mol. The zero-order valence-electron chi connectivity index (χ0n) is 12.5. The van der Waals surface area contributed by atoms with Gasteiger partial charge in [-0.05, 0) is 56.5 Å². The van der Waals surface area contributed by atoms with E-state index in [0.717, 1.165) is 50.4 Å². The summed E-state index contributed by atoms with van der Waals surface area (Å²) in [5.41, 5.74) is 1.13. The zero-order valence-corrected chi connectivity index (χ0v) is 12.5. The summed E-state index contributed by atoms with van der Waals surface area (Å²) in [6.07, 6.45) is 6.23. The molecule has 3 heterocycles. The van der Waals surface area contributed by atoms with Crippen LogP contribution >= 0.6 is 0 Å². The first-order chi connectivity index (χ1) is 10.3. The lowest BCUT2D eigenvalue weighted by Crippen LogP contribution is -2.37. The number of hydrogen-bond donors (Lipinski definition) is 2. The lowest BCUT2D eigenvalue weighted by molar-refractivity contribution is -0.125. The van der Waals surface area contributed by atoms with Crippen LogP contribution in [0.15, 0.2) is 18.3 Å². The van der Waals surface area contributed by atoms with Crippen molar-refractivity contribution >= 4 is 11.7 Å². The molecule has 0 saturated carbocycles. The van der Waals surface area contributed by atoms with Crippen LogP contribution in [0.1, 0.15) is 31.2 Å². The predicted molar refractivity (Wildman–Crippen MR) is 83.1 cm³/mol. The van der Waals surface area contributed by atoms with Crippen molar-refractivity contribution in [2.24, 2.45) is 5.92 Å². The highest BCUT2D eigenvalue weighted by Crippen LogP contribution is 2.18. The van der Waals surface area contributed by atoms with E-state index in [4.69, 9.17) is 0 Å². The Morgan fingerprint density at radius 1 is 1.33 bits per heavy atom. The quantitative estimate of drug-likeness (QED) is 0.877. The zero-order chi connectivity index (χ0) is 14.5. The molecule has 2 saturated heterocycles. The molecule has 0 atom stereocenters. The van der Waals surface area contributed by atoms with Crippen molar-refractivity contribution < 1.29 is 4.79 Å². The van der Waals surface area contributed by atoms with Crippen LogP contribution in [0.4, 0.5) is 5.82 Å². The van der Waals surface area contributed by atoms with Crippen molar-refractivity contribution in [3.8, 4) is 0 Å². The fraction of sp³-hybridized carbons (Fsp3) is 0.625. The van der Waals surface area contributed by atoms with Gasteiger partial charge >= 0.3 is 0 Å². The largest absolute Gasteiger partial charge is 0.357 e. The molecule has 2 aliphatic heterocycles. The number of pyridine rings is 1. The molecule has 0 unspecified atom stereocenters. The Balaban J connectivity index is 1.54. The second kappa shape index (κ2) is 6.89. The number of nitrogens with zero attached hydrogens (tertiary/aromatic N) is 2. The highest BCUT2D eigenvalue weighted by molar-refractivity contribution is 5.78. The average Bonchev–Trinajstić information content (AvgIpc) is 3.08. The molecule has 114 valence electrons. The summed E-state index contributed by atoms with van der Waals surface area (Å²) in [6, 6.07) is 4.09. The molecule has 5 nitrogen and oxygen atoms in total. The lowest BCUT2D eigenvalue weighted by atomic mass is 9.97. The van der Waals surface area contributed by atoms with Gasteiger partial charge in [0, 0.05) is 31.7 Å². The molecule has 0 aromatic carbocycles. The summed E-state index contributed by atoms with van der Waals surface area (Å²) in [6.45, 7) is 4.70. The first kappa shape index (κ1) is 14.3. The topological polar surface area (TPSA) is 57.3 Å². The molecule has 3 rings (SSSR count). The van der Waals surface area contributed by atoms with Crippen LogP contribution in [-0.2, 0) is 11.3 Å². The fourth-order valence-electron chi connectivity index (χ4n) is 3.11. The first-order valence-electron chi connectivity index (χ1n) is 8.01. The van der Waals surface area contributed by atoms with Crippen molar-refractivity contribution in [1.82, 2.24) is 15.6 Å². The molecular formula is C16H24N4O. The van der Waals surface area contributed by atoms with Crippen LogP contribution in [0.3, 0.4) is 0 Å². The smallest absolute Gasteiger partial charge is 0.223 e. The number of piperidine rings is 1. The van der Waals surface area contributed by atoms with Gasteiger partial charge in [0.1, 0.15) is 5.82 Å². The van der Waals surface area contributed by atoms with E-state index >= 15 is 0 Å². The van der Waals surface area contributed by atoms with Gasteiger partial charge in [-0.2, -0.15) is 0 Å². The van der Waals surface area contributed by atoms with Gasteiger partial charge < -0.3 is 15.5 Å². The first-order valence-corrected chi connectivity index (χ1v) is 8.01. The van der Waals surface area contributed by atoms with Crippen LogP contribution in [0.25, 0.3) is 0 Å². The molecule has 0 bridgehead atoms. The number of anilines is 1. The van der Waals surface area contributed by atoms with Crippen LogP contribution in [-0.4, -0.2) is 37.1 Å². The Bertz CT molecular complexity index is 479. The number of carbonyl (C=O) groups is 1. The van der Waals surface area contributed by atoms with E-state index in [1.54, 1.807) is 0 Å². The van der Waals surface area contributed by atoms with E-state index in [1.807, 2.05) is 12.3 Å². The predicted octanol–water partition coefficient (Wildman–Crippen LogP) is 1.30. The number of nitrogens with one attached hydrogen (secondary N) is 2. The Morgan fingerprint density at radius 3 is 2.86 bits per heavy atom. The minimum absolute atomic E-state index is 0.172. The van der Waals surface area contributed by atoms with E-state index in [1.165, 1.54) is 12.8 Å². The van der Waals surface area contributed by atoms with Gasteiger partial charge in [-0.3, -0.25) is 4.79 Å². The molecule has 21 heavy (non-hydrogen) atoms. The fourth-order valence-corrected chi connectivity index (χ4v) is 3.11. The van der Waals surface area contributed by atoms with E-state index in [2.05, 4.69) is 26.6 Å². The molecule has 1 amide bonds. The normalized spacial score (nSPS) is 19.7. The molecule has 0 radical (unpaired) electrons. The number of hydrogen-bond acceptors (Lipinski definition) is 4. The standard InChI is InChI=1S/C16H24N4O/c21-16(14-4-6-17-7-5-14)19-12-13-3-8-18-15(11-13)20-9-1-2-10-20/h3,8,11,14,17H,1-2,4-7,9-10,12H2,(H,19,21). The monoisotopic (exact) mass is 288 g/mol. The van der Waals surface area contributed by atoms with E-state index in [9.17, 15) is 4.79 Å². The van der Waals surface area contributed by atoms with Crippen LogP contribution in [0, 0.1) is 5.92 Å². The Kier molecular flexibility index (Phi) is 4.70. The Hall–Kier alpha value is -1.62. The molecule has 0 spiro atoms. The van der Waals surface area contributed by atoms with E-state index in [0.29, 0.717) is 6.54 Å². The van der Waals surface area contributed by atoms with Gasteiger partial charge in [0.2, 0.25) is 5.91 Å². The van der Waals surface area contributed by atoms with Crippen LogP contribution in [0.2, 0.25) is 0 Å². The SMILES string of the molecule is O=C(NCc1ccnc(N2CCCC2)c1)C1CCNCC1. The van der Waals surface area contributed by atoms with Gasteiger partial charge in [-0.25, -0.2) is 4.98 Å². The van der Waals surface area contributed by atoms with Crippen molar-refractivity contribution in [3.05, 3.63) is 23.9 Å². The van der Waals surface area contributed by atoms with Gasteiger partial charge in [0.05, 0.1) is 0 Å². The van der Waals surface area contributed by atoms with Crippen LogP contribution in [0.5, 0.6) is 0 Å². The Morgan fingerprint density at radius 2 is 2.10 bits per heavy atom. The lowest BCUT2D eigenvalue weighted by Gasteiger charge is -2.22. The summed E-state index contributed by atoms with van der Waals surface area (Å²) >= 11 is 0. The highest BCUT2D eigenvalue weighted by atomic mass is 16.1. The van der Waals surface area contributed by atoms with Crippen molar-refractivity contribution in [2.75, 3.05) is 31.1 Å². The van der Waals surface area contributed by atoms with Crippen molar-refractivity contribution in [3.63, 3.8) is 0 Å². The van der Waals surface area contributed by atoms with E-state index < -0.39 is 0 Å². The third-order valence-electron chi connectivity index (χ3n) is 4.42. The summed E-state index contributed by atoms with van der Waals surface area (Å²) in [4.78, 5) is 18.9. The Labute approximate surface area is 126 Å². The molecule has 2 aliphatic rings. The highest BCUT2D eigenvalue weighted by Gasteiger charge is 2.20. The van der Waals surface area contributed by atoms with Crippen molar-refractivity contribution in [2.45, 2.75) is 32.2 Å². The third-order valence-corrected chi connectivity index (χ3v) is 4.42. The maximum Gasteiger partial charge on any atom is 0.223 e. The molecular weight excluding hydrogens is 264 g/mol. The third kappa shape index (κ3) is 3.73. The number of carbonyl (C=O) groups excluding carboxylic acids is 1. The van der Waals surface area contributed by atoms with Crippen molar-refractivity contribution in [1.29, 1.82) is 0 Å². The summed E-state index contributed by atoms with van der Waals surface area (Å²) in [5, 5.41) is 6.36. The number of amides is 1. The van der Waals surface area contributed by atoms with Gasteiger partial charge in [-0.1, -0.05) is 0 Å². The second-order valence-electron chi connectivity index (χ2n) is 5.96. The number of aromatic nitrogens is 1. The maximum atomic E-state index is 12.1. The van der Waals surface area contributed by atoms with Gasteiger partial charge in [-0.15, -0.1) is 0 Å². The maximum absolute atomic E-state index is 12.1. The van der Waals surface area contributed by atoms with Gasteiger partial charge in [0.15, 0.2) is 0 Å². The van der Waals surface area contributed by atoms with Gasteiger partial charge in [0.25, 0.3) is 0 Å². The molecule has 0 aliphatic carbocycles. The molecule has 1 aromatic heterocycles. The molecule has 2 N–H and O–H groups in total. The van der Waals surface area contributed by atoms with Crippen LogP contribution < -0.4 is 15.5 Å². The second-order valence-corrected chi connectivity index (χ2v) is 5.96. The summed E-state index contributed by atoms with van der Waals surface area (Å²) in [7, 11) is 0. The molecule has 1 aromatic rings. The van der Waals surface area contributed by atoms with E-state index in [-0.39, 0.29) is 11.8 Å². The number of rotatable bonds is 4. The summed E-state index contributed by atoms with van der Waals surface area (Å²) < 4.78 is 0. The minimum atomic E-state index is 0.172.